The SMILES string of the molecule is N#Cc1cc(N)cc(-c2cccc3c2-c2ccccc2C32c3ccccc3Oc3c(-c4nc(-c5ccccc5)nc(-c5ccc(-c6ccccc6)cc5)n4)cccc32)c1. The highest BCUT2D eigenvalue weighted by Gasteiger charge is 2.52. The van der Waals surface area contributed by atoms with Crippen molar-refractivity contribution in [1.82, 2.24) is 15.0 Å². The Morgan fingerprint density at radius 1 is 0.441 bits per heavy atom. The molecule has 2 aliphatic rings. The molecule has 6 nitrogen and oxygen atoms in total. The van der Waals surface area contributed by atoms with Gasteiger partial charge in [-0.3, -0.25) is 0 Å². The summed E-state index contributed by atoms with van der Waals surface area (Å²) >= 11 is 0. The van der Waals surface area contributed by atoms with Crippen LogP contribution in [-0.2, 0) is 5.41 Å². The zero-order valence-electron chi connectivity index (χ0n) is 31.7. The van der Waals surface area contributed by atoms with Crippen molar-refractivity contribution < 1.29 is 4.74 Å². The number of nitrogen functional groups attached to an aromatic ring is 1. The molecule has 1 aliphatic carbocycles. The average Bonchev–Trinajstić information content (AvgIpc) is 3.60. The predicted molar refractivity (Wildman–Crippen MR) is 234 cm³/mol. The Labute approximate surface area is 341 Å². The van der Waals surface area contributed by atoms with E-state index in [0.717, 1.165) is 78.1 Å². The first-order chi connectivity index (χ1) is 29.1. The van der Waals surface area contributed by atoms with E-state index in [4.69, 9.17) is 25.4 Å². The van der Waals surface area contributed by atoms with E-state index in [1.54, 1.807) is 6.07 Å². The average molecular weight is 756 g/mol. The predicted octanol–water partition coefficient (Wildman–Crippen LogP) is 12.1. The molecule has 59 heavy (non-hydrogen) atoms. The molecule has 1 aliphatic heterocycles. The fourth-order valence-electron chi connectivity index (χ4n) is 9.04. The lowest BCUT2D eigenvalue weighted by Gasteiger charge is -2.40. The first kappa shape index (κ1) is 34.1. The van der Waals surface area contributed by atoms with Gasteiger partial charge in [0.15, 0.2) is 17.5 Å². The van der Waals surface area contributed by atoms with Gasteiger partial charge in [-0.05, 0) is 74.8 Å². The van der Waals surface area contributed by atoms with Crippen LogP contribution in [-0.4, -0.2) is 15.0 Å². The Morgan fingerprint density at radius 3 is 1.73 bits per heavy atom. The van der Waals surface area contributed by atoms with Crippen LogP contribution in [0.15, 0.2) is 188 Å². The van der Waals surface area contributed by atoms with E-state index in [2.05, 4.69) is 109 Å². The second-order valence-corrected chi connectivity index (χ2v) is 14.9. The van der Waals surface area contributed by atoms with Gasteiger partial charge in [0.2, 0.25) is 0 Å². The molecule has 1 aromatic heterocycles. The van der Waals surface area contributed by atoms with Crippen LogP contribution in [0.1, 0.15) is 27.8 Å². The molecule has 276 valence electrons. The molecule has 1 atom stereocenters. The van der Waals surface area contributed by atoms with Crippen molar-refractivity contribution in [2.24, 2.45) is 0 Å². The summed E-state index contributed by atoms with van der Waals surface area (Å²) in [5.41, 5.74) is 19.9. The monoisotopic (exact) mass is 755 g/mol. The van der Waals surface area contributed by atoms with Crippen molar-refractivity contribution in [3.63, 3.8) is 0 Å². The molecule has 8 aromatic carbocycles. The molecule has 6 heteroatoms. The smallest absolute Gasteiger partial charge is 0.167 e. The number of para-hydroxylation sites is 2. The number of nitrogens with two attached hydrogens (primary N) is 1. The highest BCUT2D eigenvalue weighted by atomic mass is 16.5. The highest BCUT2D eigenvalue weighted by molar-refractivity contribution is 5.97. The summed E-state index contributed by atoms with van der Waals surface area (Å²) < 4.78 is 7.04. The standard InChI is InChI=1S/C53H33N5O/c54-32-33-29-38(31-39(55)30-33)40-18-11-22-45-48(40)41-17-7-8-20-43(41)53(45)44-21-9-10-24-47(44)59-49-42(19-12-23-46(49)53)52-57-50(36-15-5-2-6-16-36)56-51(58-52)37-27-25-35(26-28-37)34-13-3-1-4-14-34/h1-31H,55H2. The fourth-order valence-corrected chi connectivity index (χ4v) is 9.04. The summed E-state index contributed by atoms with van der Waals surface area (Å²) in [5.74, 6) is 3.09. The maximum Gasteiger partial charge on any atom is 0.167 e. The summed E-state index contributed by atoms with van der Waals surface area (Å²) in [4.78, 5) is 15.4. The molecule has 0 saturated heterocycles. The molecule has 1 unspecified atom stereocenters. The third-order valence-corrected chi connectivity index (χ3v) is 11.5. The summed E-state index contributed by atoms with van der Waals surface area (Å²) in [7, 11) is 0. The van der Waals surface area contributed by atoms with E-state index in [9.17, 15) is 5.26 Å². The van der Waals surface area contributed by atoms with Crippen LogP contribution in [0.4, 0.5) is 5.69 Å². The number of rotatable bonds is 5. The van der Waals surface area contributed by atoms with Crippen LogP contribution in [0, 0.1) is 11.3 Å². The number of ether oxygens (including phenoxy) is 1. The summed E-state index contributed by atoms with van der Waals surface area (Å²) in [6, 6.07) is 66.3. The van der Waals surface area contributed by atoms with Crippen molar-refractivity contribution in [3.8, 4) is 85.1 Å². The molecule has 0 amide bonds. The third kappa shape index (κ3) is 5.37. The van der Waals surface area contributed by atoms with E-state index >= 15 is 0 Å². The number of aromatic nitrogens is 3. The van der Waals surface area contributed by atoms with E-state index in [1.165, 1.54) is 0 Å². The van der Waals surface area contributed by atoms with Gasteiger partial charge in [-0.25, -0.2) is 15.0 Å². The second-order valence-electron chi connectivity index (χ2n) is 14.9. The first-order valence-electron chi connectivity index (χ1n) is 19.5. The number of nitrogens with zero attached hydrogens (tertiary/aromatic N) is 4. The zero-order chi connectivity index (χ0) is 39.5. The Balaban J connectivity index is 1.16. The summed E-state index contributed by atoms with van der Waals surface area (Å²) in [5, 5.41) is 9.91. The number of anilines is 1. The molecule has 0 bridgehead atoms. The summed E-state index contributed by atoms with van der Waals surface area (Å²) in [6.07, 6.45) is 0. The van der Waals surface area contributed by atoms with Gasteiger partial charge in [-0.15, -0.1) is 0 Å². The molecule has 2 heterocycles. The number of hydrogen-bond donors (Lipinski definition) is 1. The van der Waals surface area contributed by atoms with Crippen molar-refractivity contribution in [3.05, 3.63) is 216 Å². The Hall–Kier alpha value is -8.14. The molecule has 0 radical (unpaired) electrons. The van der Waals surface area contributed by atoms with Crippen LogP contribution in [0.25, 0.3) is 67.5 Å². The lowest BCUT2D eigenvalue weighted by atomic mass is 9.65. The number of hydrogen-bond acceptors (Lipinski definition) is 6. The van der Waals surface area contributed by atoms with Crippen molar-refractivity contribution >= 4 is 5.69 Å². The van der Waals surface area contributed by atoms with Gasteiger partial charge < -0.3 is 10.5 Å². The normalized spacial score (nSPS) is 14.4. The van der Waals surface area contributed by atoms with E-state index in [0.29, 0.717) is 34.5 Å². The number of nitriles is 1. The van der Waals surface area contributed by atoms with Gasteiger partial charge in [-0.2, -0.15) is 5.26 Å². The van der Waals surface area contributed by atoms with Gasteiger partial charge in [0.1, 0.15) is 11.5 Å². The minimum Gasteiger partial charge on any atom is -0.456 e. The zero-order valence-corrected chi connectivity index (χ0v) is 31.7. The van der Waals surface area contributed by atoms with E-state index in [-0.39, 0.29) is 0 Å². The van der Waals surface area contributed by atoms with Crippen LogP contribution >= 0.6 is 0 Å². The first-order valence-corrected chi connectivity index (χ1v) is 19.5. The molecule has 0 fully saturated rings. The maximum atomic E-state index is 9.91. The van der Waals surface area contributed by atoms with Crippen LogP contribution in [0.3, 0.4) is 0 Å². The lowest BCUT2D eigenvalue weighted by molar-refractivity contribution is 0.437. The van der Waals surface area contributed by atoms with Gasteiger partial charge in [0.25, 0.3) is 0 Å². The van der Waals surface area contributed by atoms with E-state index < -0.39 is 5.41 Å². The largest absolute Gasteiger partial charge is 0.456 e. The van der Waals surface area contributed by atoms with Crippen LogP contribution in [0.2, 0.25) is 0 Å². The lowest BCUT2D eigenvalue weighted by Crippen LogP contribution is -2.32. The number of fused-ring (bicyclic) bond motifs is 9. The van der Waals surface area contributed by atoms with E-state index in [1.807, 2.05) is 78.9 Å². The van der Waals surface area contributed by atoms with Gasteiger partial charge in [0.05, 0.1) is 22.6 Å². The van der Waals surface area contributed by atoms with Crippen LogP contribution in [0.5, 0.6) is 11.5 Å². The molecule has 11 rings (SSSR count). The van der Waals surface area contributed by atoms with Crippen molar-refractivity contribution in [1.29, 1.82) is 5.26 Å². The molecule has 2 N–H and O–H groups in total. The topological polar surface area (TPSA) is 97.7 Å². The van der Waals surface area contributed by atoms with Gasteiger partial charge in [-0.1, -0.05) is 158 Å². The fraction of sp³-hybridized carbons (Fsp3) is 0.0189. The van der Waals surface area contributed by atoms with Crippen molar-refractivity contribution in [2.75, 3.05) is 5.73 Å². The minimum atomic E-state index is -0.758. The quantitative estimate of drug-likeness (QED) is 0.176. The Bertz CT molecular complexity index is 3160. The Morgan fingerprint density at radius 2 is 0.983 bits per heavy atom. The minimum absolute atomic E-state index is 0.511. The van der Waals surface area contributed by atoms with Crippen LogP contribution < -0.4 is 10.5 Å². The molecule has 1 spiro atoms. The Kier molecular flexibility index (Phi) is 7.82. The van der Waals surface area contributed by atoms with Gasteiger partial charge >= 0.3 is 0 Å². The molecular weight excluding hydrogens is 723 g/mol. The van der Waals surface area contributed by atoms with Crippen molar-refractivity contribution in [2.45, 2.75) is 5.41 Å². The third-order valence-electron chi connectivity index (χ3n) is 11.5. The maximum absolute atomic E-state index is 9.91. The highest BCUT2D eigenvalue weighted by Crippen LogP contribution is 2.64. The summed E-state index contributed by atoms with van der Waals surface area (Å²) in [6.45, 7) is 0. The number of benzene rings is 8. The van der Waals surface area contributed by atoms with Gasteiger partial charge in [0, 0.05) is 27.9 Å². The molecular formula is C53H33N5O. The second kappa shape index (κ2) is 13.5. The molecule has 9 aromatic rings. The molecule has 0 saturated carbocycles.